The van der Waals surface area contributed by atoms with Crippen LogP contribution < -0.4 is 10.0 Å². The fraction of sp³-hybridized carbons (Fsp3) is 0. The maximum absolute atomic E-state index is 12.3. The molecule has 124 valence electrons. The molecule has 1 aromatic heterocycles. The second-order valence-corrected chi connectivity index (χ2v) is 6.96. The molecule has 9 heteroatoms. The minimum absolute atomic E-state index is 0.182. The summed E-state index contributed by atoms with van der Waals surface area (Å²) in [5.41, 5.74) is 0.715. The number of furan rings is 1. The molecule has 0 atom stereocenters. The molecule has 0 aliphatic rings. The van der Waals surface area contributed by atoms with Gasteiger partial charge in [0.1, 0.15) is 11.8 Å². The number of sulfonamides is 1. The van der Waals surface area contributed by atoms with Gasteiger partial charge in [0.05, 0.1) is 10.3 Å². The fourth-order valence-electron chi connectivity index (χ4n) is 2.03. The molecule has 0 fully saturated rings. The zero-order chi connectivity index (χ0) is 17.3. The summed E-state index contributed by atoms with van der Waals surface area (Å²) in [4.78, 5) is 11.7. The van der Waals surface area contributed by atoms with E-state index in [2.05, 4.69) is 5.32 Å². The topological polar surface area (TPSA) is 109 Å². The van der Waals surface area contributed by atoms with Gasteiger partial charge < -0.3 is 14.8 Å². The Labute approximate surface area is 141 Å². The van der Waals surface area contributed by atoms with Crippen LogP contribution in [0.3, 0.4) is 0 Å². The van der Waals surface area contributed by atoms with E-state index in [9.17, 15) is 18.3 Å². The van der Waals surface area contributed by atoms with Gasteiger partial charge in [0.2, 0.25) is 0 Å². The number of rotatable bonds is 3. The zero-order valence-electron chi connectivity index (χ0n) is 12.0. The third-order valence-corrected chi connectivity index (χ3v) is 4.74. The average Bonchev–Trinajstić information content (AvgIpc) is 2.90. The minimum atomic E-state index is -4.11. The molecule has 3 rings (SSSR count). The van der Waals surface area contributed by atoms with Crippen LogP contribution in [0.4, 0.5) is 10.5 Å². The summed E-state index contributed by atoms with van der Waals surface area (Å²) in [7, 11) is -4.11. The highest BCUT2D eigenvalue weighted by Gasteiger charge is 2.19. The molecule has 1 heterocycles. The Morgan fingerprint density at radius 2 is 1.83 bits per heavy atom. The maximum Gasteiger partial charge on any atom is 0.333 e. The van der Waals surface area contributed by atoms with Crippen molar-refractivity contribution in [3.8, 4) is 5.75 Å². The molecule has 0 aliphatic carbocycles. The van der Waals surface area contributed by atoms with Crippen molar-refractivity contribution in [3.63, 3.8) is 0 Å². The molecular formula is C15H11ClN2O5S. The van der Waals surface area contributed by atoms with E-state index < -0.39 is 16.1 Å². The molecule has 24 heavy (non-hydrogen) atoms. The molecule has 2 aromatic carbocycles. The van der Waals surface area contributed by atoms with Crippen molar-refractivity contribution < 1.29 is 22.7 Å². The SMILES string of the molecule is O=C(Nc1ccc(Cl)cc1)NS(=O)(=O)c1ccc2occ(O)c2c1. The second kappa shape index (κ2) is 6.06. The molecule has 0 unspecified atom stereocenters. The van der Waals surface area contributed by atoms with Crippen molar-refractivity contribution in [3.05, 3.63) is 53.8 Å². The first kappa shape index (κ1) is 16.2. The van der Waals surface area contributed by atoms with E-state index in [1.807, 2.05) is 4.72 Å². The van der Waals surface area contributed by atoms with E-state index in [1.54, 1.807) is 12.1 Å². The van der Waals surface area contributed by atoms with Gasteiger partial charge in [0.25, 0.3) is 10.0 Å². The third-order valence-electron chi connectivity index (χ3n) is 3.16. The van der Waals surface area contributed by atoms with Crippen LogP contribution in [-0.4, -0.2) is 19.6 Å². The van der Waals surface area contributed by atoms with Crippen LogP contribution in [0.1, 0.15) is 0 Å². The zero-order valence-corrected chi connectivity index (χ0v) is 13.6. The summed E-state index contributed by atoms with van der Waals surface area (Å²) < 4.78 is 31.4. The van der Waals surface area contributed by atoms with Gasteiger partial charge in [-0.15, -0.1) is 0 Å². The number of nitrogens with one attached hydrogen (secondary N) is 2. The largest absolute Gasteiger partial charge is 0.504 e. The average molecular weight is 367 g/mol. The van der Waals surface area contributed by atoms with Crippen LogP contribution in [0.5, 0.6) is 5.75 Å². The Balaban J connectivity index is 1.80. The molecule has 3 N–H and O–H groups in total. The number of carbonyl (C=O) groups is 1. The Morgan fingerprint density at radius 3 is 2.54 bits per heavy atom. The Hall–Kier alpha value is -2.71. The highest BCUT2D eigenvalue weighted by atomic mass is 35.5. The number of urea groups is 1. The lowest BCUT2D eigenvalue weighted by Gasteiger charge is -2.09. The highest BCUT2D eigenvalue weighted by Crippen LogP contribution is 2.28. The van der Waals surface area contributed by atoms with Crippen molar-refractivity contribution >= 4 is 44.3 Å². The number of anilines is 1. The van der Waals surface area contributed by atoms with Gasteiger partial charge in [0, 0.05) is 10.7 Å². The van der Waals surface area contributed by atoms with Crippen LogP contribution in [0.15, 0.2) is 58.0 Å². The van der Waals surface area contributed by atoms with E-state index in [4.69, 9.17) is 16.0 Å². The normalized spacial score (nSPS) is 11.4. The third kappa shape index (κ3) is 3.29. The van der Waals surface area contributed by atoms with Gasteiger partial charge in [-0.05, 0) is 42.5 Å². The summed E-state index contributed by atoms with van der Waals surface area (Å²) in [6.45, 7) is 0. The summed E-state index contributed by atoms with van der Waals surface area (Å²) >= 11 is 5.73. The quantitative estimate of drug-likeness (QED) is 0.659. The van der Waals surface area contributed by atoms with Crippen molar-refractivity contribution in [1.29, 1.82) is 0 Å². The summed E-state index contributed by atoms with van der Waals surface area (Å²) in [6.07, 6.45) is 1.10. The number of carbonyl (C=O) groups excluding carboxylic acids is 1. The molecule has 3 aromatic rings. The Morgan fingerprint density at radius 1 is 1.12 bits per heavy atom. The lowest BCUT2D eigenvalue weighted by atomic mass is 10.2. The Kier molecular flexibility index (Phi) is 4.08. The van der Waals surface area contributed by atoms with E-state index in [-0.39, 0.29) is 16.0 Å². The molecule has 0 bridgehead atoms. The number of amides is 2. The van der Waals surface area contributed by atoms with Gasteiger partial charge in [0.15, 0.2) is 5.75 Å². The molecule has 0 spiro atoms. The van der Waals surface area contributed by atoms with Crippen molar-refractivity contribution in [2.45, 2.75) is 4.90 Å². The van der Waals surface area contributed by atoms with E-state index in [0.29, 0.717) is 16.3 Å². The summed E-state index contributed by atoms with van der Waals surface area (Å²) in [5.74, 6) is -0.187. The molecule has 0 radical (unpaired) electrons. The number of halogens is 1. The van der Waals surface area contributed by atoms with Crippen LogP contribution >= 0.6 is 11.6 Å². The number of fused-ring (bicyclic) bond motifs is 1. The first-order valence-electron chi connectivity index (χ1n) is 6.65. The standard InChI is InChI=1S/C15H11ClN2O5S/c16-9-1-3-10(4-2-9)17-15(20)18-24(21,22)11-5-6-14-12(7-11)13(19)8-23-14/h1-8,19H,(H2,17,18,20). The van der Waals surface area contributed by atoms with Gasteiger partial charge in [-0.2, -0.15) is 0 Å². The van der Waals surface area contributed by atoms with Crippen molar-refractivity contribution in [2.75, 3.05) is 5.32 Å². The van der Waals surface area contributed by atoms with Crippen LogP contribution in [0.25, 0.3) is 11.0 Å². The van der Waals surface area contributed by atoms with Crippen LogP contribution in [-0.2, 0) is 10.0 Å². The lowest BCUT2D eigenvalue weighted by molar-refractivity contribution is 0.256. The summed E-state index contributed by atoms with van der Waals surface area (Å²) in [5, 5.41) is 12.7. The second-order valence-electron chi connectivity index (χ2n) is 4.85. The molecular weight excluding hydrogens is 356 g/mol. The van der Waals surface area contributed by atoms with Crippen molar-refractivity contribution in [1.82, 2.24) is 4.72 Å². The van der Waals surface area contributed by atoms with Gasteiger partial charge in [-0.25, -0.2) is 17.9 Å². The van der Waals surface area contributed by atoms with E-state index >= 15 is 0 Å². The summed E-state index contributed by atoms with van der Waals surface area (Å²) in [6, 6.07) is 9.13. The van der Waals surface area contributed by atoms with Crippen LogP contribution in [0.2, 0.25) is 5.02 Å². The van der Waals surface area contributed by atoms with Gasteiger partial charge in [-0.3, -0.25) is 0 Å². The molecule has 2 amide bonds. The van der Waals surface area contributed by atoms with Gasteiger partial charge >= 0.3 is 6.03 Å². The highest BCUT2D eigenvalue weighted by molar-refractivity contribution is 7.90. The lowest BCUT2D eigenvalue weighted by Crippen LogP contribution is -2.34. The van der Waals surface area contributed by atoms with Gasteiger partial charge in [-0.1, -0.05) is 11.6 Å². The first-order valence-corrected chi connectivity index (χ1v) is 8.51. The molecule has 0 saturated carbocycles. The number of aromatic hydroxyl groups is 1. The number of hydrogen-bond donors (Lipinski definition) is 3. The predicted octanol–water partition coefficient (Wildman–Crippen LogP) is 3.30. The Bertz CT molecular complexity index is 1010. The predicted molar refractivity (Wildman–Crippen MR) is 88.7 cm³/mol. The molecule has 0 saturated heterocycles. The number of benzene rings is 2. The fourth-order valence-corrected chi connectivity index (χ4v) is 3.09. The monoisotopic (exact) mass is 366 g/mol. The first-order chi connectivity index (χ1) is 11.3. The smallest absolute Gasteiger partial charge is 0.333 e. The minimum Gasteiger partial charge on any atom is -0.504 e. The maximum atomic E-state index is 12.3. The van der Waals surface area contributed by atoms with Crippen molar-refractivity contribution in [2.24, 2.45) is 0 Å². The van der Waals surface area contributed by atoms with E-state index in [1.165, 1.54) is 30.3 Å². The van der Waals surface area contributed by atoms with E-state index in [0.717, 1.165) is 6.26 Å². The number of hydrogen-bond acceptors (Lipinski definition) is 5. The molecule has 7 nitrogen and oxygen atoms in total. The molecule has 0 aliphatic heterocycles. The van der Waals surface area contributed by atoms with Crippen LogP contribution in [0, 0.1) is 0 Å².